The van der Waals surface area contributed by atoms with E-state index in [9.17, 15) is 9.59 Å². The van der Waals surface area contributed by atoms with Crippen molar-refractivity contribution in [2.75, 3.05) is 19.7 Å². The first-order chi connectivity index (χ1) is 10.5. The van der Waals surface area contributed by atoms with E-state index in [1.54, 1.807) is 0 Å². The smallest absolute Gasteiger partial charge is 0.323 e. The average Bonchev–Trinajstić information content (AvgIpc) is 2.46. The summed E-state index contributed by atoms with van der Waals surface area (Å²) in [6.07, 6.45) is 0.767. The number of nitrogens with zero attached hydrogens (tertiary/aromatic N) is 1. The van der Waals surface area contributed by atoms with Crippen molar-refractivity contribution in [2.24, 2.45) is 5.92 Å². The molecule has 1 aromatic rings. The number of amides is 1. The number of aliphatic carboxylic acids is 1. The Hall–Kier alpha value is -1.88. The van der Waals surface area contributed by atoms with E-state index in [4.69, 9.17) is 9.84 Å². The van der Waals surface area contributed by atoms with Crippen LogP contribution in [0.5, 0.6) is 0 Å². The lowest BCUT2D eigenvalue weighted by Gasteiger charge is -2.29. The van der Waals surface area contributed by atoms with Crippen LogP contribution in [0, 0.1) is 5.92 Å². The van der Waals surface area contributed by atoms with E-state index in [1.165, 1.54) is 10.5 Å². The number of carboxylic acids is 1. The minimum absolute atomic E-state index is 0.169. The highest BCUT2D eigenvalue weighted by Crippen LogP contribution is 2.30. The molecule has 1 unspecified atom stereocenters. The molecule has 1 aliphatic rings. The van der Waals surface area contributed by atoms with Crippen LogP contribution in [0.1, 0.15) is 37.5 Å². The zero-order chi connectivity index (χ0) is 16.1. The molecule has 5 nitrogen and oxygen atoms in total. The second-order valence-corrected chi connectivity index (χ2v) is 6.07. The third kappa shape index (κ3) is 4.31. The number of hydrogen-bond donors (Lipinski definition) is 1. The number of fused-ring (bicyclic) bond motifs is 1. The maximum atomic E-state index is 12.5. The first kappa shape index (κ1) is 16.5. The number of ether oxygens (including phenoxy) is 1. The van der Waals surface area contributed by atoms with Gasteiger partial charge in [-0.2, -0.15) is 0 Å². The Kier molecular flexibility index (Phi) is 5.55. The fraction of sp³-hybridized carbons (Fsp3) is 0.529. The van der Waals surface area contributed by atoms with Crippen molar-refractivity contribution in [1.82, 2.24) is 4.90 Å². The molecule has 1 N–H and O–H groups in total. The maximum absolute atomic E-state index is 12.5. The van der Waals surface area contributed by atoms with Gasteiger partial charge in [-0.05, 0) is 23.5 Å². The quantitative estimate of drug-likeness (QED) is 0.875. The predicted molar refractivity (Wildman–Crippen MR) is 82.5 cm³/mol. The fourth-order valence-corrected chi connectivity index (χ4v) is 2.79. The van der Waals surface area contributed by atoms with Gasteiger partial charge in [0.1, 0.15) is 6.54 Å². The Morgan fingerprint density at radius 2 is 2.09 bits per heavy atom. The lowest BCUT2D eigenvalue weighted by molar-refractivity contribution is -0.146. The summed E-state index contributed by atoms with van der Waals surface area (Å²) in [6.45, 7) is 4.71. The summed E-state index contributed by atoms with van der Waals surface area (Å²) in [5.74, 6) is -0.931. The summed E-state index contributed by atoms with van der Waals surface area (Å²) in [5.41, 5.74) is 2.25. The highest BCUT2D eigenvalue weighted by atomic mass is 16.5. The van der Waals surface area contributed by atoms with Crippen LogP contribution in [0.2, 0.25) is 0 Å². The van der Waals surface area contributed by atoms with Gasteiger partial charge in [-0.3, -0.25) is 9.59 Å². The van der Waals surface area contributed by atoms with Gasteiger partial charge >= 0.3 is 5.97 Å². The van der Waals surface area contributed by atoms with Gasteiger partial charge in [0.15, 0.2) is 0 Å². The molecule has 1 aliphatic heterocycles. The number of benzene rings is 1. The Labute approximate surface area is 130 Å². The van der Waals surface area contributed by atoms with E-state index in [1.807, 2.05) is 32.0 Å². The van der Waals surface area contributed by atoms with Crippen LogP contribution in [0.15, 0.2) is 24.3 Å². The molecular formula is C17H23NO4. The van der Waals surface area contributed by atoms with E-state index in [-0.39, 0.29) is 30.9 Å². The Balaban J connectivity index is 2.08. The van der Waals surface area contributed by atoms with Gasteiger partial charge in [-0.25, -0.2) is 0 Å². The van der Waals surface area contributed by atoms with Crippen LogP contribution in [-0.4, -0.2) is 41.6 Å². The van der Waals surface area contributed by atoms with E-state index in [0.29, 0.717) is 13.2 Å². The van der Waals surface area contributed by atoms with Crippen molar-refractivity contribution in [2.45, 2.75) is 32.8 Å². The molecule has 0 bridgehead atoms. The summed E-state index contributed by atoms with van der Waals surface area (Å²) < 4.78 is 5.74. The lowest BCUT2D eigenvalue weighted by Crippen LogP contribution is -2.39. The molecule has 0 aliphatic carbocycles. The molecule has 1 aromatic carbocycles. The summed E-state index contributed by atoms with van der Waals surface area (Å²) in [7, 11) is 0. The zero-order valence-corrected chi connectivity index (χ0v) is 13.1. The number of hydrogen-bond acceptors (Lipinski definition) is 3. The van der Waals surface area contributed by atoms with Crippen LogP contribution in [0.4, 0.5) is 0 Å². The molecule has 22 heavy (non-hydrogen) atoms. The number of carbonyl (C=O) groups excluding carboxylic acids is 1. The van der Waals surface area contributed by atoms with Crippen LogP contribution in [0.25, 0.3) is 0 Å². The molecule has 120 valence electrons. The van der Waals surface area contributed by atoms with Gasteiger partial charge in [0.05, 0.1) is 19.1 Å². The van der Waals surface area contributed by atoms with Crippen molar-refractivity contribution >= 4 is 11.9 Å². The molecule has 1 amide bonds. The molecule has 5 heteroatoms. The van der Waals surface area contributed by atoms with Crippen molar-refractivity contribution in [3.63, 3.8) is 0 Å². The standard InChI is InChI=1S/C17H23NO4/c1-12(2)10-18(11-17(20)21)16(19)9-15-14-6-4-3-5-13(14)7-8-22-15/h3-6,12,15H,7-11H2,1-2H3,(H,20,21). The molecule has 0 spiro atoms. The summed E-state index contributed by atoms with van der Waals surface area (Å²) in [4.78, 5) is 24.8. The Morgan fingerprint density at radius 1 is 1.36 bits per heavy atom. The molecule has 0 aromatic heterocycles. The third-order valence-corrected chi connectivity index (χ3v) is 3.72. The van der Waals surface area contributed by atoms with Crippen molar-refractivity contribution in [1.29, 1.82) is 0 Å². The monoisotopic (exact) mass is 305 g/mol. The van der Waals surface area contributed by atoms with Crippen LogP contribution < -0.4 is 0 Å². The Bertz CT molecular complexity index is 541. The highest BCUT2D eigenvalue weighted by molar-refractivity contribution is 5.81. The number of carbonyl (C=O) groups is 2. The normalized spacial score (nSPS) is 17.1. The third-order valence-electron chi connectivity index (χ3n) is 3.72. The highest BCUT2D eigenvalue weighted by Gasteiger charge is 2.26. The second kappa shape index (κ2) is 7.40. The van der Waals surface area contributed by atoms with Crippen LogP contribution in [-0.2, 0) is 20.7 Å². The predicted octanol–water partition coefficient (Wildman–Crippen LogP) is 2.26. The first-order valence-electron chi connectivity index (χ1n) is 7.66. The van der Waals surface area contributed by atoms with Gasteiger partial charge in [0, 0.05) is 6.54 Å². The Morgan fingerprint density at radius 3 is 2.77 bits per heavy atom. The maximum Gasteiger partial charge on any atom is 0.323 e. The van der Waals surface area contributed by atoms with Gasteiger partial charge in [-0.1, -0.05) is 38.1 Å². The van der Waals surface area contributed by atoms with Crippen LogP contribution in [0.3, 0.4) is 0 Å². The summed E-state index contributed by atoms with van der Waals surface area (Å²) in [6, 6.07) is 7.96. The van der Waals surface area contributed by atoms with E-state index in [2.05, 4.69) is 6.07 Å². The summed E-state index contributed by atoms with van der Waals surface area (Å²) in [5, 5.41) is 8.98. The molecule has 0 saturated carbocycles. The topological polar surface area (TPSA) is 66.8 Å². The molecule has 0 fully saturated rings. The molecule has 1 atom stereocenters. The average molecular weight is 305 g/mol. The molecule has 0 radical (unpaired) electrons. The zero-order valence-electron chi connectivity index (χ0n) is 13.1. The van der Waals surface area contributed by atoms with Crippen LogP contribution >= 0.6 is 0 Å². The van der Waals surface area contributed by atoms with E-state index >= 15 is 0 Å². The fourth-order valence-electron chi connectivity index (χ4n) is 2.79. The van der Waals surface area contributed by atoms with Crippen molar-refractivity contribution < 1.29 is 19.4 Å². The van der Waals surface area contributed by atoms with Gasteiger partial charge < -0.3 is 14.7 Å². The number of carboxylic acid groups (broad SMARTS) is 1. The largest absolute Gasteiger partial charge is 0.480 e. The van der Waals surface area contributed by atoms with Gasteiger partial charge in [-0.15, -0.1) is 0 Å². The lowest BCUT2D eigenvalue weighted by atomic mass is 9.95. The molecular weight excluding hydrogens is 282 g/mol. The first-order valence-corrected chi connectivity index (χ1v) is 7.66. The van der Waals surface area contributed by atoms with E-state index < -0.39 is 5.97 Å². The minimum atomic E-state index is -0.987. The minimum Gasteiger partial charge on any atom is -0.480 e. The second-order valence-electron chi connectivity index (χ2n) is 6.07. The molecule has 0 saturated heterocycles. The number of rotatable bonds is 6. The SMILES string of the molecule is CC(C)CN(CC(=O)O)C(=O)CC1OCCc2ccccc21. The van der Waals surface area contributed by atoms with E-state index in [0.717, 1.165) is 12.0 Å². The van der Waals surface area contributed by atoms with Gasteiger partial charge in [0.2, 0.25) is 5.91 Å². The van der Waals surface area contributed by atoms with Gasteiger partial charge in [0.25, 0.3) is 0 Å². The molecule has 1 heterocycles. The summed E-state index contributed by atoms with van der Waals surface area (Å²) >= 11 is 0. The van der Waals surface area contributed by atoms with Crippen molar-refractivity contribution in [3.05, 3.63) is 35.4 Å². The van der Waals surface area contributed by atoms with Crippen molar-refractivity contribution in [3.8, 4) is 0 Å². The molecule has 2 rings (SSSR count).